The highest BCUT2D eigenvalue weighted by atomic mass is 35.5. The Morgan fingerprint density at radius 1 is 1.62 bits per heavy atom. The van der Waals surface area contributed by atoms with Gasteiger partial charge in [0, 0.05) is 12.1 Å². The van der Waals surface area contributed by atoms with Gasteiger partial charge in [0.1, 0.15) is 12.4 Å². The number of nitro groups is 1. The number of hydrogen-bond acceptors (Lipinski definition) is 3. The lowest BCUT2D eigenvalue weighted by Crippen LogP contribution is -1.98. The number of ether oxygens (including phenoxy) is 1. The Morgan fingerprint density at radius 2 is 2.31 bits per heavy atom. The quantitative estimate of drug-likeness (QED) is 0.613. The molecule has 1 rings (SSSR count). The summed E-state index contributed by atoms with van der Waals surface area (Å²) in [5, 5.41) is 11.2. The summed E-state index contributed by atoms with van der Waals surface area (Å²) < 4.78 is 5.27. The zero-order valence-electron chi connectivity index (χ0n) is 8.44. The van der Waals surface area contributed by atoms with Gasteiger partial charge < -0.3 is 4.74 Å². The van der Waals surface area contributed by atoms with E-state index >= 15 is 0 Å². The number of benzene rings is 1. The SMILES string of the molecule is C/C=C(\Cl)COc1ccc([N+](=O)[O-])cc1Cl. The molecule has 0 saturated heterocycles. The molecule has 0 saturated carbocycles. The Labute approximate surface area is 103 Å². The van der Waals surface area contributed by atoms with Crippen LogP contribution in [0, 0.1) is 10.1 Å². The van der Waals surface area contributed by atoms with Gasteiger partial charge in [0.15, 0.2) is 0 Å². The summed E-state index contributed by atoms with van der Waals surface area (Å²) in [5.74, 6) is 0.368. The van der Waals surface area contributed by atoms with Crippen molar-refractivity contribution in [2.24, 2.45) is 0 Å². The van der Waals surface area contributed by atoms with E-state index in [1.807, 2.05) is 0 Å². The fourth-order valence-electron chi connectivity index (χ4n) is 0.950. The van der Waals surface area contributed by atoms with Crippen LogP contribution in [0.3, 0.4) is 0 Å². The number of rotatable bonds is 4. The minimum absolute atomic E-state index is 0.0746. The molecular weight excluding hydrogens is 253 g/mol. The molecule has 0 spiro atoms. The maximum absolute atomic E-state index is 10.5. The van der Waals surface area contributed by atoms with Crippen molar-refractivity contribution in [1.82, 2.24) is 0 Å². The predicted octanol–water partition coefficient (Wildman–Crippen LogP) is 3.77. The summed E-state index contributed by atoms with van der Waals surface area (Å²) in [7, 11) is 0. The van der Waals surface area contributed by atoms with E-state index in [0.29, 0.717) is 10.8 Å². The smallest absolute Gasteiger partial charge is 0.271 e. The molecule has 0 atom stereocenters. The number of allylic oxidation sites excluding steroid dienone is 1. The summed E-state index contributed by atoms with van der Waals surface area (Å²) in [4.78, 5) is 9.93. The molecule has 6 heteroatoms. The standard InChI is InChI=1S/C10H9Cl2NO3/c1-2-7(11)6-16-10-4-3-8(13(14)15)5-9(10)12/h2-5H,6H2,1H3/b7-2-. The predicted molar refractivity (Wildman–Crippen MR) is 63.2 cm³/mol. The minimum atomic E-state index is -0.519. The second-order valence-electron chi connectivity index (χ2n) is 2.90. The lowest BCUT2D eigenvalue weighted by molar-refractivity contribution is -0.384. The molecule has 0 unspecified atom stereocenters. The third-order valence-corrected chi connectivity index (χ3v) is 2.43. The number of nitro benzene ring substituents is 1. The molecular formula is C10H9Cl2NO3. The molecule has 0 bridgehead atoms. The number of hydrogen-bond donors (Lipinski definition) is 0. The van der Waals surface area contributed by atoms with Gasteiger partial charge in [0.2, 0.25) is 0 Å². The van der Waals surface area contributed by atoms with Gasteiger partial charge in [-0.3, -0.25) is 10.1 Å². The Kier molecular flexibility index (Phi) is 4.58. The monoisotopic (exact) mass is 261 g/mol. The molecule has 0 heterocycles. The molecule has 4 nitrogen and oxygen atoms in total. The fraction of sp³-hybridized carbons (Fsp3) is 0.200. The first-order chi connectivity index (χ1) is 7.54. The third-order valence-electron chi connectivity index (χ3n) is 1.81. The highest BCUT2D eigenvalue weighted by Gasteiger charge is 2.10. The van der Waals surface area contributed by atoms with E-state index in [1.165, 1.54) is 18.2 Å². The second-order valence-corrected chi connectivity index (χ2v) is 3.79. The van der Waals surface area contributed by atoms with Crippen LogP contribution in [0.1, 0.15) is 6.92 Å². The molecule has 0 aromatic heterocycles. The van der Waals surface area contributed by atoms with E-state index in [4.69, 9.17) is 27.9 Å². The Hall–Kier alpha value is -1.26. The van der Waals surface area contributed by atoms with Gasteiger partial charge in [-0.05, 0) is 13.0 Å². The average molecular weight is 262 g/mol. The van der Waals surface area contributed by atoms with Gasteiger partial charge in [-0.25, -0.2) is 0 Å². The van der Waals surface area contributed by atoms with Crippen molar-refractivity contribution in [3.63, 3.8) is 0 Å². The molecule has 0 N–H and O–H groups in total. The molecule has 1 aromatic rings. The third kappa shape index (κ3) is 3.40. The molecule has 0 aliphatic rings. The van der Waals surface area contributed by atoms with Crippen LogP contribution in [0.25, 0.3) is 0 Å². The van der Waals surface area contributed by atoms with Crippen molar-refractivity contribution in [1.29, 1.82) is 0 Å². The van der Waals surface area contributed by atoms with Gasteiger partial charge in [0.25, 0.3) is 5.69 Å². The van der Waals surface area contributed by atoms with E-state index < -0.39 is 4.92 Å². The maximum Gasteiger partial charge on any atom is 0.271 e. The highest BCUT2D eigenvalue weighted by Crippen LogP contribution is 2.29. The lowest BCUT2D eigenvalue weighted by atomic mass is 10.3. The van der Waals surface area contributed by atoms with E-state index in [-0.39, 0.29) is 17.3 Å². The highest BCUT2D eigenvalue weighted by molar-refractivity contribution is 6.32. The van der Waals surface area contributed by atoms with Crippen molar-refractivity contribution in [2.45, 2.75) is 6.92 Å². The Morgan fingerprint density at radius 3 is 2.81 bits per heavy atom. The normalized spacial score (nSPS) is 11.3. The van der Waals surface area contributed by atoms with Crippen LogP contribution in [0.4, 0.5) is 5.69 Å². The topological polar surface area (TPSA) is 52.4 Å². The van der Waals surface area contributed by atoms with Gasteiger partial charge in [-0.15, -0.1) is 0 Å². The fourth-order valence-corrected chi connectivity index (χ4v) is 1.23. The molecule has 0 aliphatic carbocycles. The van der Waals surface area contributed by atoms with E-state index in [2.05, 4.69) is 0 Å². The van der Waals surface area contributed by atoms with Crippen LogP contribution < -0.4 is 4.74 Å². The van der Waals surface area contributed by atoms with Crippen LogP contribution in [0.15, 0.2) is 29.3 Å². The zero-order chi connectivity index (χ0) is 12.1. The first-order valence-electron chi connectivity index (χ1n) is 4.42. The van der Waals surface area contributed by atoms with Crippen LogP contribution in [-0.4, -0.2) is 11.5 Å². The molecule has 0 fully saturated rings. The van der Waals surface area contributed by atoms with Crippen LogP contribution >= 0.6 is 23.2 Å². The first-order valence-corrected chi connectivity index (χ1v) is 5.17. The van der Waals surface area contributed by atoms with Gasteiger partial charge in [0.05, 0.1) is 15.0 Å². The molecule has 1 aromatic carbocycles. The van der Waals surface area contributed by atoms with Gasteiger partial charge in [-0.2, -0.15) is 0 Å². The van der Waals surface area contributed by atoms with Crippen molar-refractivity contribution < 1.29 is 9.66 Å². The maximum atomic E-state index is 10.5. The summed E-state index contributed by atoms with van der Waals surface area (Å²) in [5.41, 5.74) is -0.0746. The summed E-state index contributed by atoms with van der Waals surface area (Å²) >= 11 is 11.5. The summed E-state index contributed by atoms with van der Waals surface area (Å²) in [6, 6.07) is 4.01. The molecule has 0 radical (unpaired) electrons. The summed E-state index contributed by atoms with van der Waals surface area (Å²) in [6.45, 7) is 1.97. The minimum Gasteiger partial charge on any atom is -0.486 e. The second kappa shape index (κ2) is 5.72. The van der Waals surface area contributed by atoms with Crippen LogP contribution in [0.5, 0.6) is 5.75 Å². The Bertz CT molecular complexity index is 432. The van der Waals surface area contributed by atoms with Crippen molar-refractivity contribution in [3.05, 3.63) is 44.4 Å². The molecule has 0 amide bonds. The van der Waals surface area contributed by atoms with Crippen molar-refractivity contribution in [2.75, 3.05) is 6.61 Å². The number of nitrogens with zero attached hydrogens (tertiary/aromatic N) is 1. The van der Waals surface area contributed by atoms with Crippen molar-refractivity contribution >= 4 is 28.9 Å². The molecule has 86 valence electrons. The van der Waals surface area contributed by atoms with E-state index in [1.54, 1.807) is 13.0 Å². The van der Waals surface area contributed by atoms with Gasteiger partial charge >= 0.3 is 0 Å². The number of non-ortho nitro benzene ring substituents is 1. The van der Waals surface area contributed by atoms with Crippen molar-refractivity contribution in [3.8, 4) is 5.75 Å². The van der Waals surface area contributed by atoms with Crippen LogP contribution in [0.2, 0.25) is 5.02 Å². The van der Waals surface area contributed by atoms with E-state index in [0.717, 1.165) is 0 Å². The zero-order valence-corrected chi connectivity index (χ0v) is 9.96. The molecule has 16 heavy (non-hydrogen) atoms. The Balaban J connectivity index is 2.79. The first kappa shape index (κ1) is 12.8. The summed E-state index contributed by atoms with van der Waals surface area (Å²) in [6.07, 6.45) is 1.70. The largest absolute Gasteiger partial charge is 0.486 e. The van der Waals surface area contributed by atoms with Gasteiger partial charge in [-0.1, -0.05) is 29.3 Å². The number of halogens is 2. The van der Waals surface area contributed by atoms with Crippen LogP contribution in [-0.2, 0) is 0 Å². The average Bonchev–Trinajstić information content (AvgIpc) is 2.26. The lowest BCUT2D eigenvalue weighted by Gasteiger charge is -2.06. The molecule has 0 aliphatic heterocycles. The van der Waals surface area contributed by atoms with E-state index in [9.17, 15) is 10.1 Å².